The lowest BCUT2D eigenvalue weighted by atomic mass is 9.98. The maximum atomic E-state index is 14.0. The lowest BCUT2D eigenvalue weighted by molar-refractivity contribution is -0.120. The number of aromatic nitrogens is 1. The number of sulfonamides is 1. The van der Waals surface area contributed by atoms with Crippen molar-refractivity contribution < 1.29 is 26.5 Å². The van der Waals surface area contributed by atoms with Crippen molar-refractivity contribution in [2.45, 2.75) is 38.5 Å². The summed E-state index contributed by atoms with van der Waals surface area (Å²) in [5.41, 5.74) is 3.08. The Kier molecular flexibility index (Phi) is 7.37. The Bertz CT molecular complexity index is 1430. The van der Waals surface area contributed by atoms with Crippen LogP contribution in [0.4, 0.5) is 14.5 Å². The van der Waals surface area contributed by atoms with Crippen molar-refractivity contribution in [1.29, 1.82) is 0 Å². The van der Waals surface area contributed by atoms with E-state index >= 15 is 0 Å². The Labute approximate surface area is 208 Å². The van der Waals surface area contributed by atoms with Crippen LogP contribution in [-0.4, -0.2) is 36.9 Å². The molecule has 10 heteroatoms. The number of carbonyl (C=O) groups is 1. The van der Waals surface area contributed by atoms with Crippen molar-refractivity contribution in [3.63, 3.8) is 0 Å². The minimum Gasteiger partial charge on any atom is -0.355 e. The van der Waals surface area contributed by atoms with Gasteiger partial charge in [0.25, 0.3) is 0 Å². The number of aryl methyl sites for hydroxylation is 3. The van der Waals surface area contributed by atoms with Gasteiger partial charge in [0.15, 0.2) is 10.7 Å². The molecule has 0 saturated carbocycles. The molecule has 1 N–H and O–H groups in total. The van der Waals surface area contributed by atoms with Crippen LogP contribution in [0.3, 0.4) is 0 Å². The standard InChI is InChI=1S/C26H27F2N3O4S/c1-16-6-7-17(2)19(13-16)8-11-24-25(18(3)30-35-24)36(33,34)31-12-4-5-20(15-31)26(32)29-23-10-9-21(27)14-22(23)28/h6-11,13-14,20H,4-5,12,15H2,1-3H3,(H,29,32). The molecule has 1 saturated heterocycles. The molecule has 1 unspecified atom stereocenters. The zero-order chi connectivity index (χ0) is 26.0. The smallest absolute Gasteiger partial charge is 0.248 e. The molecule has 2 heterocycles. The summed E-state index contributed by atoms with van der Waals surface area (Å²) in [5, 5.41) is 6.31. The summed E-state index contributed by atoms with van der Waals surface area (Å²) in [6.07, 6.45) is 4.25. The van der Waals surface area contributed by atoms with Crippen molar-refractivity contribution in [2.75, 3.05) is 18.4 Å². The van der Waals surface area contributed by atoms with E-state index in [4.69, 9.17) is 4.52 Å². The van der Waals surface area contributed by atoms with Gasteiger partial charge in [0.2, 0.25) is 15.9 Å². The summed E-state index contributed by atoms with van der Waals surface area (Å²) in [7, 11) is -4.03. The van der Waals surface area contributed by atoms with E-state index in [0.717, 1.165) is 28.8 Å². The molecule has 4 rings (SSSR count). The fourth-order valence-corrected chi connectivity index (χ4v) is 6.01. The second-order valence-corrected chi connectivity index (χ2v) is 10.8. The first-order chi connectivity index (χ1) is 17.1. The van der Waals surface area contributed by atoms with Crippen molar-refractivity contribution in [2.24, 2.45) is 5.92 Å². The fraction of sp³-hybridized carbons (Fsp3) is 0.308. The molecular formula is C26H27F2N3O4S. The van der Waals surface area contributed by atoms with E-state index < -0.39 is 33.5 Å². The van der Waals surface area contributed by atoms with Gasteiger partial charge in [0, 0.05) is 19.2 Å². The van der Waals surface area contributed by atoms with E-state index in [-0.39, 0.29) is 35.1 Å². The third kappa shape index (κ3) is 5.39. The number of anilines is 1. The molecule has 0 radical (unpaired) electrons. The Balaban J connectivity index is 1.55. The molecule has 1 amide bonds. The van der Waals surface area contributed by atoms with Gasteiger partial charge in [0.05, 0.1) is 11.6 Å². The molecular weight excluding hydrogens is 488 g/mol. The second kappa shape index (κ2) is 10.3. The molecule has 1 aliphatic rings. The van der Waals surface area contributed by atoms with E-state index in [1.807, 2.05) is 32.0 Å². The fourth-order valence-electron chi connectivity index (χ4n) is 4.23. The van der Waals surface area contributed by atoms with Crippen LogP contribution in [0.2, 0.25) is 0 Å². The van der Waals surface area contributed by atoms with Crippen LogP contribution >= 0.6 is 0 Å². The van der Waals surface area contributed by atoms with Gasteiger partial charge in [0.1, 0.15) is 17.3 Å². The Hall–Kier alpha value is -3.37. The Morgan fingerprint density at radius 3 is 2.67 bits per heavy atom. The summed E-state index contributed by atoms with van der Waals surface area (Å²) in [4.78, 5) is 12.7. The van der Waals surface area contributed by atoms with Gasteiger partial charge in [-0.2, -0.15) is 4.31 Å². The highest BCUT2D eigenvalue weighted by atomic mass is 32.2. The van der Waals surface area contributed by atoms with Crippen LogP contribution in [0.1, 0.15) is 41.0 Å². The normalized spacial score (nSPS) is 17.0. The minimum atomic E-state index is -4.03. The lowest BCUT2D eigenvalue weighted by Gasteiger charge is -2.31. The van der Waals surface area contributed by atoms with Gasteiger partial charge >= 0.3 is 0 Å². The maximum absolute atomic E-state index is 14.0. The zero-order valence-corrected chi connectivity index (χ0v) is 21.0. The number of hydrogen-bond donors (Lipinski definition) is 1. The molecule has 36 heavy (non-hydrogen) atoms. The molecule has 1 aromatic heterocycles. The van der Waals surface area contributed by atoms with E-state index in [1.54, 1.807) is 19.1 Å². The van der Waals surface area contributed by atoms with E-state index in [1.165, 1.54) is 4.31 Å². The monoisotopic (exact) mass is 515 g/mol. The first-order valence-electron chi connectivity index (χ1n) is 11.5. The number of nitrogens with zero attached hydrogens (tertiary/aromatic N) is 2. The zero-order valence-electron chi connectivity index (χ0n) is 20.2. The van der Waals surface area contributed by atoms with E-state index in [0.29, 0.717) is 18.9 Å². The number of nitrogens with one attached hydrogen (secondary N) is 1. The summed E-state index contributed by atoms with van der Waals surface area (Å²) >= 11 is 0. The summed E-state index contributed by atoms with van der Waals surface area (Å²) < 4.78 is 60.9. The maximum Gasteiger partial charge on any atom is 0.248 e. The highest BCUT2D eigenvalue weighted by Crippen LogP contribution is 2.30. The van der Waals surface area contributed by atoms with Gasteiger partial charge in [-0.1, -0.05) is 35.0 Å². The summed E-state index contributed by atoms with van der Waals surface area (Å²) in [5.74, 6) is -2.78. The van der Waals surface area contributed by atoms with Crippen LogP contribution in [0, 0.1) is 38.3 Å². The number of halogens is 2. The summed E-state index contributed by atoms with van der Waals surface area (Å²) in [6, 6.07) is 8.81. The minimum absolute atomic E-state index is 0.0466. The third-order valence-electron chi connectivity index (χ3n) is 6.22. The van der Waals surface area contributed by atoms with Crippen LogP contribution in [0.25, 0.3) is 12.2 Å². The number of carbonyl (C=O) groups excluding carboxylic acids is 1. The van der Waals surface area contributed by atoms with Crippen molar-refractivity contribution in [3.8, 4) is 0 Å². The topological polar surface area (TPSA) is 92.5 Å². The number of piperidine rings is 1. The Morgan fingerprint density at radius 1 is 1.14 bits per heavy atom. The van der Waals surface area contributed by atoms with Crippen LogP contribution < -0.4 is 5.32 Å². The van der Waals surface area contributed by atoms with Gasteiger partial charge in [-0.15, -0.1) is 0 Å². The molecule has 3 aromatic rings. The molecule has 1 fully saturated rings. The van der Waals surface area contributed by atoms with Crippen LogP contribution in [0.5, 0.6) is 0 Å². The predicted molar refractivity (Wildman–Crippen MR) is 133 cm³/mol. The van der Waals surface area contributed by atoms with Gasteiger partial charge in [-0.05, 0) is 62.9 Å². The molecule has 2 aromatic carbocycles. The van der Waals surface area contributed by atoms with Gasteiger partial charge in [-0.25, -0.2) is 17.2 Å². The first kappa shape index (κ1) is 25.7. The SMILES string of the molecule is Cc1ccc(C)c(C=Cc2onc(C)c2S(=O)(=O)N2CCCC(C(=O)Nc3ccc(F)cc3F)C2)c1. The predicted octanol–water partition coefficient (Wildman–Crippen LogP) is 5.09. The average Bonchev–Trinajstić information content (AvgIpc) is 3.22. The van der Waals surface area contributed by atoms with E-state index in [9.17, 15) is 22.0 Å². The third-order valence-corrected chi connectivity index (χ3v) is 8.25. The van der Waals surface area contributed by atoms with Crippen LogP contribution in [0.15, 0.2) is 45.8 Å². The van der Waals surface area contributed by atoms with Crippen LogP contribution in [-0.2, 0) is 14.8 Å². The molecule has 190 valence electrons. The average molecular weight is 516 g/mol. The molecule has 0 bridgehead atoms. The second-order valence-electron chi connectivity index (χ2n) is 8.97. The molecule has 1 aliphatic heterocycles. The first-order valence-corrected chi connectivity index (χ1v) is 13.0. The molecule has 0 aliphatic carbocycles. The van der Waals surface area contributed by atoms with Crippen molar-refractivity contribution in [3.05, 3.63) is 76.2 Å². The lowest BCUT2D eigenvalue weighted by Crippen LogP contribution is -2.44. The van der Waals surface area contributed by atoms with E-state index in [2.05, 4.69) is 10.5 Å². The van der Waals surface area contributed by atoms with Gasteiger partial charge in [-0.3, -0.25) is 4.79 Å². The van der Waals surface area contributed by atoms with Crippen molar-refractivity contribution in [1.82, 2.24) is 9.46 Å². The molecule has 7 nitrogen and oxygen atoms in total. The highest BCUT2D eigenvalue weighted by molar-refractivity contribution is 7.89. The highest BCUT2D eigenvalue weighted by Gasteiger charge is 2.37. The number of benzene rings is 2. The molecule has 0 spiro atoms. The quantitative estimate of drug-likeness (QED) is 0.494. The molecule has 1 atom stereocenters. The number of rotatable bonds is 6. The Morgan fingerprint density at radius 2 is 1.92 bits per heavy atom. The number of hydrogen-bond acceptors (Lipinski definition) is 5. The largest absolute Gasteiger partial charge is 0.355 e. The van der Waals surface area contributed by atoms with Gasteiger partial charge < -0.3 is 9.84 Å². The number of amides is 1. The summed E-state index contributed by atoms with van der Waals surface area (Å²) in [6.45, 7) is 5.62. The van der Waals surface area contributed by atoms with Crippen molar-refractivity contribution >= 4 is 33.8 Å².